The van der Waals surface area contributed by atoms with Crippen molar-refractivity contribution in [1.29, 1.82) is 0 Å². The highest BCUT2D eigenvalue weighted by molar-refractivity contribution is 9.10. The van der Waals surface area contributed by atoms with Gasteiger partial charge in [0.25, 0.3) is 0 Å². The summed E-state index contributed by atoms with van der Waals surface area (Å²) in [6, 6.07) is 12.4. The molecule has 0 radical (unpaired) electrons. The molecule has 1 aromatic heterocycles. The van der Waals surface area contributed by atoms with Crippen LogP contribution in [0.5, 0.6) is 0 Å². The number of carbonyl (C=O) groups excluding carboxylic acids is 2. The zero-order chi connectivity index (χ0) is 25.8. The number of rotatable bonds is 13. The minimum Gasteiger partial charge on any atom is -0.383 e. The average molecular weight is 562 g/mol. The molecular formula is C28H41BrN4O3. The van der Waals surface area contributed by atoms with E-state index in [0.717, 1.165) is 55.2 Å². The average Bonchev–Trinajstić information content (AvgIpc) is 3.32. The summed E-state index contributed by atoms with van der Waals surface area (Å²) in [5.74, 6) is -0.0326. The molecule has 0 bridgehead atoms. The molecule has 0 spiro atoms. The lowest BCUT2D eigenvalue weighted by Gasteiger charge is -2.30. The summed E-state index contributed by atoms with van der Waals surface area (Å²) in [5, 5.41) is 3.15. The largest absolute Gasteiger partial charge is 0.383 e. The number of methoxy groups -OCH3 is 1. The van der Waals surface area contributed by atoms with Crippen molar-refractivity contribution in [3.8, 4) is 0 Å². The Balaban J connectivity index is 1.67. The predicted molar refractivity (Wildman–Crippen MR) is 147 cm³/mol. The van der Waals surface area contributed by atoms with Gasteiger partial charge >= 0.3 is 6.03 Å². The van der Waals surface area contributed by atoms with E-state index < -0.39 is 0 Å². The van der Waals surface area contributed by atoms with Crippen LogP contribution in [0.1, 0.15) is 63.1 Å². The van der Waals surface area contributed by atoms with Crippen LogP contribution in [0.25, 0.3) is 0 Å². The van der Waals surface area contributed by atoms with Crippen molar-refractivity contribution in [2.75, 3.05) is 33.4 Å². The van der Waals surface area contributed by atoms with E-state index in [1.54, 1.807) is 12.0 Å². The number of urea groups is 1. The van der Waals surface area contributed by atoms with Crippen molar-refractivity contribution in [2.24, 2.45) is 0 Å². The van der Waals surface area contributed by atoms with Gasteiger partial charge in [0, 0.05) is 49.1 Å². The van der Waals surface area contributed by atoms with Gasteiger partial charge in [-0.3, -0.25) is 4.79 Å². The summed E-state index contributed by atoms with van der Waals surface area (Å²) in [7, 11) is 1.62. The molecule has 36 heavy (non-hydrogen) atoms. The second kappa shape index (κ2) is 15.1. The lowest BCUT2D eigenvalue weighted by molar-refractivity contribution is -0.132. The number of amides is 3. The standard InChI is InChI=1S/C28H41BrN4O3/c1-3-4-16-32(21-26-11-8-17-31(26)20-23-12-14-24(29)15-13-23)27(34)22-33(18-19-36-2)28(35)30-25-9-6-5-7-10-25/h8,11-15,17,25H,3-7,9-10,16,18-22H2,1-2H3,(H,30,35). The molecule has 1 saturated carbocycles. The molecule has 7 nitrogen and oxygen atoms in total. The number of hydrogen-bond acceptors (Lipinski definition) is 3. The number of unbranched alkanes of at least 4 members (excludes halogenated alkanes) is 1. The minimum atomic E-state index is -0.165. The van der Waals surface area contributed by atoms with Crippen LogP contribution in [0.2, 0.25) is 0 Å². The molecule has 1 fully saturated rings. The van der Waals surface area contributed by atoms with Crippen molar-refractivity contribution in [3.05, 3.63) is 58.3 Å². The van der Waals surface area contributed by atoms with Crippen LogP contribution in [0.15, 0.2) is 47.1 Å². The van der Waals surface area contributed by atoms with Crippen LogP contribution in [0, 0.1) is 0 Å². The Morgan fingerprint density at radius 3 is 2.53 bits per heavy atom. The summed E-state index contributed by atoms with van der Waals surface area (Å²) < 4.78 is 8.48. The molecule has 0 atom stereocenters. The number of ether oxygens (including phenoxy) is 1. The van der Waals surface area contributed by atoms with Crippen LogP contribution in [-0.4, -0.2) is 65.7 Å². The smallest absolute Gasteiger partial charge is 0.318 e. The molecule has 0 saturated heterocycles. The second-order valence-corrected chi connectivity index (χ2v) is 10.5. The van der Waals surface area contributed by atoms with Gasteiger partial charge in [-0.25, -0.2) is 4.79 Å². The van der Waals surface area contributed by atoms with Crippen LogP contribution in [-0.2, 0) is 22.6 Å². The van der Waals surface area contributed by atoms with E-state index in [0.29, 0.717) is 26.2 Å². The SMILES string of the molecule is CCCCN(Cc1cccn1Cc1ccc(Br)cc1)C(=O)CN(CCOC)C(=O)NC1CCCCC1. The van der Waals surface area contributed by atoms with E-state index in [1.165, 1.54) is 12.0 Å². The Morgan fingerprint density at radius 2 is 1.83 bits per heavy atom. The minimum absolute atomic E-state index is 0.0326. The lowest BCUT2D eigenvalue weighted by Crippen LogP contribution is -2.50. The molecule has 1 N–H and O–H groups in total. The van der Waals surface area contributed by atoms with Gasteiger partial charge in [-0.05, 0) is 49.1 Å². The molecule has 0 unspecified atom stereocenters. The highest BCUT2D eigenvalue weighted by atomic mass is 79.9. The van der Waals surface area contributed by atoms with Gasteiger partial charge in [-0.15, -0.1) is 0 Å². The maximum Gasteiger partial charge on any atom is 0.318 e. The number of nitrogens with one attached hydrogen (secondary N) is 1. The van der Waals surface area contributed by atoms with Crippen LogP contribution >= 0.6 is 15.9 Å². The summed E-state index contributed by atoms with van der Waals surface area (Å²) in [6.45, 7) is 4.90. The fourth-order valence-electron chi connectivity index (χ4n) is 4.60. The first kappa shape index (κ1) is 28.3. The maximum absolute atomic E-state index is 13.5. The molecular weight excluding hydrogens is 520 g/mol. The molecule has 2 aromatic rings. The van der Waals surface area contributed by atoms with Gasteiger partial charge in [0.2, 0.25) is 5.91 Å². The van der Waals surface area contributed by atoms with E-state index >= 15 is 0 Å². The van der Waals surface area contributed by atoms with Crippen molar-refractivity contribution in [3.63, 3.8) is 0 Å². The van der Waals surface area contributed by atoms with E-state index in [9.17, 15) is 9.59 Å². The number of hydrogen-bond donors (Lipinski definition) is 1. The molecule has 0 aliphatic heterocycles. The van der Waals surface area contributed by atoms with Gasteiger partial charge in [-0.2, -0.15) is 0 Å². The van der Waals surface area contributed by atoms with Crippen LogP contribution in [0.3, 0.4) is 0 Å². The molecule has 198 valence electrons. The number of carbonyl (C=O) groups is 2. The van der Waals surface area contributed by atoms with Crippen LogP contribution < -0.4 is 5.32 Å². The highest BCUT2D eigenvalue weighted by Gasteiger charge is 2.24. The molecule has 3 rings (SSSR count). The highest BCUT2D eigenvalue weighted by Crippen LogP contribution is 2.18. The molecule has 1 heterocycles. The zero-order valence-corrected chi connectivity index (χ0v) is 23.3. The first-order valence-corrected chi connectivity index (χ1v) is 14.0. The Kier molecular flexibility index (Phi) is 11.8. The third-order valence-electron chi connectivity index (χ3n) is 6.79. The summed E-state index contributed by atoms with van der Waals surface area (Å²) >= 11 is 3.49. The van der Waals surface area contributed by atoms with E-state index in [-0.39, 0.29) is 24.5 Å². The molecule has 1 aliphatic rings. The van der Waals surface area contributed by atoms with E-state index in [4.69, 9.17) is 4.74 Å². The molecule has 1 aromatic carbocycles. The van der Waals surface area contributed by atoms with Gasteiger partial charge < -0.3 is 24.4 Å². The third kappa shape index (κ3) is 8.96. The van der Waals surface area contributed by atoms with Crippen molar-refractivity contribution < 1.29 is 14.3 Å². The Morgan fingerprint density at radius 1 is 1.08 bits per heavy atom. The summed E-state index contributed by atoms with van der Waals surface area (Å²) in [5.41, 5.74) is 2.28. The first-order chi connectivity index (χ1) is 17.5. The lowest BCUT2D eigenvalue weighted by atomic mass is 9.96. The van der Waals surface area contributed by atoms with Crippen molar-refractivity contribution >= 4 is 27.9 Å². The van der Waals surface area contributed by atoms with Crippen LogP contribution in [0.4, 0.5) is 4.79 Å². The number of benzene rings is 1. The Bertz CT molecular complexity index is 941. The second-order valence-electron chi connectivity index (χ2n) is 9.62. The summed E-state index contributed by atoms with van der Waals surface area (Å²) in [4.78, 5) is 30.1. The van der Waals surface area contributed by atoms with Gasteiger partial charge in [0.1, 0.15) is 6.54 Å². The quantitative estimate of drug-likeness (QED) is 0.355. The van der Waals surface area contributed by atoms with Gasteiger partial charge in [0.05, 0.1) is 13.2 Å². The third-order valence-corrected chi connectivity index (χ3v) is 7.32. The van der Waals surface area contributed by atoms with Crippen molar-refractivity contribution in [2.45, 2.75) is 71.0 Å². The number of nitrogens with zero attached hydrogens (tertiary/aromatic N) is 3. The van der Waals surface area contributed by atoms with Gasteiger partial charge in [-0.1, -0.05) is 60.7 Å². The first-order valence-electron chi connectivity index (χ1n) is 13.2. The normalized spacial score (nSPS) is 14.0. The zero-order valence-electron chi connectivity index (χ0n) is 21.8. The summed E-state index contributed by atoms with van der Waals surface area (Å²) in [6.07, 6.45) is 9.52. The molecule has 3 amide bonds. The van der Waals surface area contributed by atoms with E-state index in [2.05, 4.69) is 57.1 Å². The van der Waals surface area contributed by atoms with Gasteiger partial charge in [0.15, 0.2) is 0 Å². The van der Waals surface area contributed by atoms with E-state index in [1.807, 2.05) is 23.1 Å². The fraction of sp³-hybridized carbons (Fsp3) is 0.571. The molecule has 8 heteroatoms. The monoisotopic (exact) mass is 560 g/mol. The topological polar surface area (TPSA) is 66.8 Å². The maximum atomic E-state index is 13.5. The fourth-order valence-corrected chi connectivity index (χ4v) is 4.86. The molecule has 1 aliphatic carbocycles. The Labute approximate surface area is 224 Å². The number of aromatic nitrogens is 1. The number of halogens is 1. The van der Waals surface area contributed by atoms with Crippen molar-refractivity contribution in [1.82, 2.24) is 19.7 Å². The Hall–Kier alpha value is -2.32. The predicted octanol–water partition coefficient (Wildman–Crippen LogP) is 5.42.